The highest BCUT2D eigenvalue weighted by atomic mass is 16.7. The molecule has 2 nitrogen and oxygen atoms in total. The number of rotatable bonds is 7. The molecule has 1 heterocycles. The lowest BCUT2D eigenvalue weighted by atomic mass is 9.87. The third kappa shape index (κ3) is 5.39. The fourth-order valence-corrected chi connectivity index (χ4v) is 2.12. The van der Waals surface area contributed by atoms with Crippen LogP contribution >= 0.6 is 0 Å². The molecule has 17 heavy (non-hydrogen) atoms. The van der Waals surface area contributed by atoms with Gasteiger partial charge in [0.05, 0.1) is 12.7 Å². The van der Waals surface area contributed by atoms with Gasteiger partial charge in [0.1, 0.15) is 0 Å². The molecule has 0 saturated carbocycles. The molecule has 2 heteroatoms. The minimum Gasteiger partial charge on any atom is -0.352 e. The maximum atomic E-state index is 5.91. The number of unbranched alkanes of at least 4 members (excludes halogenated alkanes) is 5. The lowest BCUT2D eigenvalue weighted by molar-refractivity contribution is -0.256. The highest BCUT2D eigenvalue weighted by Crippen LogP contribution is 2.31. The summed E-state index contributed by atoms with van der Waals surface area (Å²) in [6.45, 7) is 9.66. The zero-order chi connectivity index (χ0) is 12.7. The molecule has 0 radical (unpaired) electrons. The molecule has 0 amide bonds. The van der Waals surface area contributed by atoms with Crippen LogP contribution in [0, 0.1) is 5.41 Å². The second-order valence-electron chi connectivity index (χ2n) is 6.06. The number of hydrogen-bond donors (Lipinski definition) is 0. The van der Waals surface area contributed by atoms with Crippen LogP contribution in [0.25, 0.3) is 0 Å². The summed E-state index contributed by atoms with van der Waals surface area (Å²) >= 11 is 0. The summed E-state index contributed by atoms with van der Waals surface area (Å²) in [5.41, 5.74) is 0.164. The smallest absolute Gasteiger partial charge is 0.157 e. The van der Waals surface area contributed by atoms with Gasteiger partial charge in [0.25, 0.3) is 0 Å². The molecule has 1 aliphatic rings. The summed E-state index contributed by atoms with van der Waals surface area (Å²) in [6, 6.07) is 0. The molecule has 0 unspecified atom stereocenters. The molecular weight excluding hydrogens is 212 g/mol. The van der Waals surface area contributed by atoms with Crippen LogP contribution in [-0.4, -0.2) is 19.0 Å². The van der Waals surface area contributed by atoms with E-state index in [1.165, 1.54) is 38.5 Å². The van der Waals surface area contributed by atoms with Crippen molar-refractivity contribution in [3.05, 3.63) is 0 Å². The first kappa shape index (κ1) is 15.0. The molecular formula is C15H30O2. The molecule has 0 bridgehead atoms. The van der Waals surface area contributed by atoms with E-state index in [1.807, 2.05) is 0 Å². The van der Waals surface area contributed by atoms with Crippen LogP contribution in [0.2, 0.25) is 0 Å². The Hall–Kier alpha value is -0.0800. The van der Waals surface area contributed by atoms with E-state index in [9.17, 15) is 0 Å². The lowest BCUT2D eigenvalue weighted by Crippen LogP contribution is -2.44. The van der Waals surface area contributed by atoms with E-state index in [0.717, 1.165) is 13.0 Å². The summed E-state index contributed by atoms with van der Waals surface area (Å²) in [6.07, 6.45) is 9.41. The minimum atomic E-state index is 0.0456. The summed E-state index contributed by atoms with van der Waals surface area (Å²) in [5, 5.41) is 0. The predicted octanol–water partition coefficient (Wildman–Crippen LogP) is 4.52. The molecule has 0 aromatic carbocycles. The Morgan fingerprint density at radius 3 is 2.35 bits per heavy atom. The van der Waals surface area contributed by atoms with E-state index in [2.05, 4.69) is 27.7 Å². The number of hydrogen-bond acceptors (Lipinski definition) is 2. The summed E-state index contributed by atoms with van der Waals surface area (Å²) < 4.78 is 11.7. The molecule has 1 aliphatic heterocycles. The molecule has 1 saturated heterocycles. The average Bonchev–Trinajstić information content (AvgIpc) is 2.28. The Kier molecular flexibility index (Phi) is 6.50. The van der Waals surface area contributed by atoms with Gasteiger partial charge in [0.15, 0.2) is 6.29 Å². The lowest BCUT2D eigenvalue weighted by Gasteiger charge is -2.40. The quantitative estimate of drug-likeness (QED) is 0.611. The Bertz CT molecular complexity index is 201. The van der Waals surface area contributed by atoms with Crippen molar-refractivity contribution in [3.63, 3.8) is 0 Å². The van der Waals surface area contributed by atoms with Crippen molar-refractivity contribution in [2.45, 2.75) is 85.0 Å². The van der Waals surface area contributed by atoms with Crippen LogP contribution in [0.4, 0.5) is 0 Å². The van der Waals surface area contributed by atoms with Crippen molar-refractivity contribution in [2.75, 3.05) is 6.61 Å². The summed E-state index contributed by atoms with van der Waals surface area (Å²) in [7, 11) is 0. The van der Waals surface area contributed by atoms with E-state index in [0.29, 0.717) is 6.10 Å². The van der Waals surface area contributed by atoms with E-state index in [4.69, 9.17) is 9.47 Å². The van der Waals surface area contributed by atoms with E-state index < -0.39 is 0 Å². The third-order valence-electron chi connectivity index (χ3n) is 3.89. The Labute approximate surface area is 107 Å². The van der Waals surface area contributed by atoms with Gasteiger partial charge < -0.3 is 9.47 Å². The van der Waals surface area contributed by atoms with Crippen LogP contribution in [0.15, 0.2) is 0 Å². The maximum Gasteiger partial charge on any atom is 0.157 e. The molecule has 0 aromatic rings. The van der Waals surface area contributed by atoms with Gasteiger partial charge in [-0.1, -0.05) is 52.9 Å². The van der Waals surface area contributed by atoms with Gasteiger partial charge in [0, 0.05) is 5.41 Å². The summed E-state index contributed by atoms with van der Waals surface area (Å²) in [4.78, 5) is 0. The van der Waals surface area contributed by atoms with Gasteiger partial charge >= 0.3 is 0 Å². The Morgan fingerprint density at radius 1 is 1.06 bits per heavy atom. The van der Waals surface area contributed by atoms with Crippen molar-refractivity contribution >= 4 is 0 Å². The van der Waals surface area contributed by atoms with Crippen molar-refractivity contribution in [3.8, 4) is 0 Å². The molecule has 2 atom stereocenters. The Balaban J connectivity index is 2.05. The number of ether oxygens (including phenoxy) is 2. The van der Waals surface area contributed by atoms with E-state index in [-0.39, 0.29) is 11.7 Å². The van der Waals surface area contributed by atoms with E-state index in [1.54, 1.807) is 0 Å². The highest BCUT2D eigenvalue weighted by molar-refractivity contribution is 4.79. The average molecular weight is 242 g/mol. The predicted molar refractivity (Wildman–Crippen MR) is 72.1 cm³/mol. The largest absolute Gasteiger partial charge is 0.352 e. The molecule has 102 valence electrons. The molecule has 1 rings (SSSR count). The maximum absolute atomic E-state index is 5.91. The molecule has 0 N–H and O–H groups in total. The van der Waals surface area contributed by atoms with Crippen LogP contribution in [0.1, 0.15) is 72.6 Å². The van der Waals surface area contributed by atoms with Crippen LogP contribution in [-0.2, 0) is 9.47 Å². The zero-order valence-corrected chi connectivity index (χ0v) is 12.1. The second kappa shape index (κ2) is 7.38. The second-order valence-corrected chi connectivity index (χ2v) is 6.06. The first-order valence-electron chi connectivity index (χ1n) is 7.33. The molecule has 0 aliphatic carbocycles. The van der Waals surface area contributed by atoms with Crippen LogP contribution in [0.5, 0.6) is 0 Å². The molecule has 1 fully saturated rings. The van der Waals surface area contributed by atoms with Crippen molar-refractivity contribution in [1.82, 2.24) is 0 Å². The molecule has 0 aromatic heterocycles. The standard InChI is InChI=1S/C15H30O2/c1-5-6-7-8-9-10-11-14-16-12-15(3,4)13(2)17-14/h13-14H,5-12H2,1-4H3/t13-,14-/m0/s1. The topological polar surface area (TPSA) is 18.5 Å². The third-order valence-corrected chi connectivity index (χ3v) is 3.89. The fraction of sp³-hybridized carbons (Fsp3) is 1.00. The van der Waals surface area contributed by atoms with E-state index >= 15 is 0 Å². The van der Waals surface area contributed by atoms with Crippen LogP contribution < -0.4 is 0 Å². The highest BCUT2D eigenvalue weighted by Gasteiger charge is 2.34. The first-order chi connectivity index (χ1) is 8.06. The first-order valence-corrected chi connectivity index (χ1v) is 7.33. The SMILES string of the molecule is CCCCCCCC[C@H]1OCC(C)(C)[C@H](C)O1. The Morgan fingerprint density at radius 2 is 1.71 bits per heavy atom. The van der Waals surface area contributed by atoms with Crippen molar-refractivity contribution < 1.29 is 9.47 Å². The summed E-state index contributed by atoms with van der Waals surface area (Å²) in [5.74, 6) is 0. The van der Waals surface area contributed by atoms with Gasteiger partial charge in [-0.2, -0.15) is 0 Å². The normalized spacial score (nSPS) is 28.2. The van der Waals surface area contributed by atoms with Crippen LogP contribution in [0.3, 0.4) is 0 Å². The molecule has 0 spiro atoms. The van der Waals surface area contributed by atoms with Crippen molar-refractivity contribution in [2.24, 2.45) is 5.41 Å². The van der Waals surface area contributed by atoms with Gasteiger partial charge in [-0.3, -0.25) is 0 Å². The van der Waals surface area contributed by atoms with Gasteiger partial charge in [-0.15, -0.1) is 0 Å². The zero-order valence-electron chi connectivity index (χ0n) is 12.1. The van der Waals surface area contributed by atoms with Gasteiger partial charge in [-0.05, 0) is 19.8 Å². The van der Waals surface area contributed by atoms with Gasteiger partial charge in [-0.25, -0.2) is 0 Å². The fourth-order valence-electron chi connectivity index (χ4n) is 2.12. The monoisotopic (exact) mass is 242 g/mol. The van der Waals surface area contributed by atoms with Gasteiger partial charge in [0.2, 0.25) is 0 Å². The minimum absolute atomic E-state index is 0.0456. The van der Waals surface area contributed by atoms with Crippen molar-refractivity contribution in [1.29, 1.82) is 0 Å².